The highest BCUT2D eigenvalue weighted by Gasteiger charge is 2.32. The Kier molecular flexibility index (Phi) is 4.73. The summed E-state index contributed by atoms with van der Waals surface area (Å²) < 4.78 is 18.7. The van der Waals surface area contributed by atoms with Crippen molar-refractivity contribution in [2.45, 2.75) is 37.8 Å². The lowest BCUT2D eigenvalue weighted by atomic mass is 9.91. The van der Waals surface area contributed by atoms with Gasteiger partial charge in [-0.15, -0.1) is 0 Å². The predicted molar refractivity (Wildman–Crippen MR) is 74.7 cm³/mol. The van der Waals surface area contributed by atoms with E-state index in [9.17, 15) is 9.18 Å². The summed E-state index contributed by atoms with van der Waals surface area (Å²) in [5, 5.41) is 3.18. The number of hydrogen-bond donors (Lipinski definition) is 2. The van der Waals surface area contributed by atoms with Gasteiger partial charge in [-0.25, -0.2) is 4.39 Å². The monoisotopic (exact) mass is 280 g/mol. The molecule has 2 rings (SSSR count). The first-order valence-electron chi connectivity index (χ1n) is 6.90. The fourth-order valence-electron chi connectivity index (χ4n) is 2.44. The second-order valence-electron chi connectivity index (χ2n) is 5.52. The Balaban J connectivity index is 2.02. The first-order chi connectivity index (χ1) is 9.49. The summed E-state index contributed by atoms with van der Waals surface area (Å²) in [6.07, 6.45) is 2.51. The Morgan fingerprint density at radius 3 is 3.00 bits per heavy atom. The van der Waals surface area contributed by atoms with E-state index in [0.29, 0.717) is 13.0 Å². The van der Waals surface area contributed by atoms with Gasteiger partial charge in [-0.05, 0) is 43.9 Å². The maximum absolute atomic E-state index is 13.2. The van der Waals surface area contributed by atoms with Crippen molar-refractivity contribution in [3.63, 3.8) is 0 Å². The molecule has 1 aromatic rings. The summed E-state index contributed by atoms with van der Waals surface area (Å²) in [5.74, 6) is -0.756. The summed E-state index contributed by atoms with van der Waals surface area (Å²) in [6, 6.07) is 6.23. The van der Waals surface area contributed by atoms with Crippen LogP contribution in [-0.4, -0.2) is 30.7 Å². The summed E-state index contributed by atoms with van der Waals surface area (Å²) in [5.41, 5.74) is 5.34. The second kappa shape index (κ2) is 6.33. The number of nitrogens with one attached hydrogen (secondary N) is 1. The maximum Gasteiger partial charge on any atom is 0.237 e. The lowest BCUT2D eigenvalue weighted by molar-refractivity contribution is -0.124. The van der Waals surface area contributed by atoms with Gasteiger partial charge in [-0.3, -0.25) is 4.79 Å². The Morgan fingerprint density at radius 1 is 1.60 bits per heavy atom. The minimum Gasteiger partial charge on any atom is -0.377 e. The summed E-state index contributed by atoms with van der Waals surface area (Å²) in [6.45, 7) is 3.09. The molecule has 0 aromatic heterocycles. The summed E-state index contributed by atoms with van der Waals surface area (Å²) in [7, 11) is 0. The van der Waals surface area contributed by atoms with Gasteiger partial charge in [0.05, 0.1) is 11.6 Å². The molecule has 2 atom stereocenters. The topological polar surface area (TPSA) is 64.3 Å². The largest absolute Gasteiger partial charge is 0.377 e. The third kappa shape index (κ3) is 3.77. The van der Waals surface area contributed by atoms with E-state index >= 15 is 0 Å². The van der Waals surface area contributed by atoms with E-state index in [-0.39, 0.29) is 11.9 Å². The predicted octanol–water partition coefficient (Wildman–Crippen LogP) is 1.38. The van der Waals surface area contributed by atoms with Crippen molar-refractivity contribution in [1.82, 2.24) is 5.32 Å². The number of carbonyl (C=O) groups is 1. The van der Waals surface area contributed by atoms with E-state index in [0.717, 1.165) is 25.0 Å². The van der Waals surface area contributed by atoms with Crippen molar-refractivity contribution in [3.05, 3.63) is 35.6 Å². The number of ether oxygens (including phenoxy) is 1. The number of halogens is 1. The van der Waals surface area contributed by atoms with E-state index in [1.165, 1.54) is 12.1 Å². The zero-order valence-corrected chi connectivity index (χ0v) is 11.7. The van der Waals surface area contributed by atoms with Gasteiger partial charge in [-0.2, -0.15) is 0 Å². The lowest BCUT2D eigenvalue weighted by Gasteiger charge is -2.29. The normalized spacial score (nSPS) is 21.6. The van der Waals surface area contributed by atoms with Crippen molar-refractivity contribution < 1.29 is 13.9 Å². The van der Waals surface area contributed by atoms with E-state index in [2.05, 4.69) is 5.32 Å². The molecule has 20 heavy (non-hydrogen) atoms. The van der Waals surface area contributed by atoms with E-state index in [1.807, 2.05) is 0 Å². The Hall–Kier alpha value is -1.46. The van der Waals surface area contributed by atoms with E-state index in [4.69, 9.17) is 10.5 Å². The van der Waals surface area contributed by atoms with Crippen molar-refractivity contribution in [2.24, 2.45) is 5.73 Å². The fraction of sp³-hybridized carbons (Fsp3) is 0.533. The third-order valence-electron chi connectivity index (χ3n) is 3.73. The molecule has 0 spiro atoms. The molecular formula is C15H21FN2O2. The molecule has 0 saturated carbocycles. The first kappa shape index (κ1) is 14.9. The molecule has 110 valence electrons. The SMILES string of the molecule is CC(Cc1cccc(F)c1)(NCC1CCCO1)C(N)=O. The number of benzene rings is 1. The van der Waals surface area contributed by atoms with Gasteiger partial charge in [0.25, 0.3) is 0 Å². The average Bonchev–Trinajstić information content (AvgIpc) is 2.89. The number of hydrogen-bond acceptors (Lipinski definition) is 3. The van der Waals surface area contributed by atoms with Crippen molar-refractivity contribution in [1.29, 1.82) is 0 Å². The van der Waals surface area contributed by atoms with Crippen LogP contribution in [0.4, 0.5) is 4.39 Å². The minimum atomic E-state index is -0.903. The second-order valence-corrected chi connectivity index (χ2v) is 5.52. The van der Waals surface area contributed by atoms with Gasteiger partial charge in [-0.1, -0.05) is 12.1 Å². The van der Waals surface area contributed by atoms with Crippen molar-refractivity contribution >= 4 is 5.91 Å². The molecule has 5 heteroatoms. The smallest absolute Gasteiger partial charge is 0.237 e. The van der Waals surface area contributed by atoms with Gasteiger partial charge < -0.3 is 15.8 Å². The molecule has 3 N–H and O–H groups in total. The Morgan fingerprint density at radius 2 is 2.40 bits per heavy atom. The molecule has 1 saturated heterocycles. The van der Waals surface area contributed by atoms with Crippen LogP contribution in [0.1, 0.15) is 25.3 Å². The van der Waals surface area contributed by atoms with Crippen LogP contribution in [0.15, 0.2) is 24.3 Å². The summed E-state index contributed by atoms with van der Waals surface area (Å²) >= 11 is 0. The lowest BCUT2D eigenvalue weighted by Crippen LogP contribution is -2.56. The third-order valence-corrected chi connectivity index (χ3v) is 3.73. The molecule has 1 aliphatic rings. The molecule has 2 unspecified atom stereocenters. The molecule has 1 aliphatic heterocycles. The van der Waals surface area contributed by atoms with Crippen molar-refractivity contribution in [2.75, 3.05) is 13.2 Å². The van der Waals surface area contributed by atoms with Crippen LogP contribution in [-0.2, 0) is 16.0 Å². The fourth-order valence-corrected chi connectivity index (χ4v) is 2.44. The van der Waals surface area contributed by atoms with Crippen LogP contribution in [0, 0.1) is 5.82 Å². The molecule has 0 radical (unpaired) electrons. The Bertz CT molecular complexity index is 475. The maximum atomic E-state index is 13.2. The highest BCUT2D eigenvalue weighted by atomic mass is 19.1. The van der Waals surface area contributed by atoms with Crippen LogP contribution in [0.3, 0.4) is 0 Å². The van der Waals surface area contributed by atoms with Gasteiger partial charge in [0.15, 0.2) is 0 Å². The van der Waals surface area contributed by atoms with Crippen LogP contribution in [0.2, 0.25) is 0 Å². The van der Waals surface area contributed by atoms with E-state index < -0.39 is 11.4 Å². The molecule has 1 heterocycles. The zero-order chi connectivity index (χ0) is 14.6. The number of primary amides is 1. The number of amides is 1. The number of nitrogens with two attached hydrogens (primary N) is 1. The highest BCUT2D eigenvalue weighted by Crippen LogP contribution is 2.16. The molecule has 4 nitrogen and oxygen atoms in total. The van der Waals surface area contributed by atoms with Crippen LogP contribution in [0.25, 0.3) is 0 Å². The molecule has 1 fully saturated rings. The van der Waals surface area contributed by atoms with Gasteiger partial charge in [0, 0.05) is 13.2 Å². The highest BCUT2D eigenvalue weighted by molar-refractivity contribution is 5.84. The zero-order valence-electron chi connectivity index (χ0n) is 11.7. The Labute approximate surface area is 118 Å². The summed E-state index contributed by atoms with van der Waals surface area (Å²) in [4.78, 5) is 11.7. The standard InChI is InChI=1S/C15H21FN2O2/c1-15(14(17)19,18-10-13-6-3-7-20-13)9-11-4-2-5-12(16)8-11/h2,4-5,8,13,18H,3,6-7,9-10H2,1H3,(H2,17,19). The van der Waals surface area contributed by atoms with Crippen molar-refractivity contribution in [3.8, 4) is 0 Å². The number of rotatable bonds is 6. The molecular weight excluding hydrogens is 259 g/mol. The molecule has 1 amide bonds. The van der Waals surface area contributed by atoms with Gasteiger partial charge in [0.1, 0.15) is 5.82 Å². The quantitative estimate of drug-likeness (QED) is 0.827. The molecule has 1 aromatic carbocycles. The van der Waals surface area contributed by atoms with Gasteiger partial charge in [0.2, 0.25) is 5.91 Å². The first-order valence-corrected chi connectivity index (χ1v) is 6.90. The minimum absolute atomic E-state index is 0.126. The van der Waals surface area contributed by atoms with E-state index in [1.54, 1.807) is 19.1 Å². The van der Waals surface area contributed by atoms with Crippen LogP contribution in [0.5, 0.6) is 0 Å². The number of carbonyl (C=O) groups excluding carboxylic acids is 1. The van der Waals surface area contributed by atoms with Gasteiger partial charge >= 0.3 is 0 Å². The average molecular weight is 280 g/mol. The van der Waals surface area contributed by atoms with Crippen LogP contribution < -0.4 is 11.1 Å². The molecule has 0 bridgehead atoms. The molecule has 0 aliphatic carbocycles. The van der Waals surface area contributed by atoms with Crippen LogP contribution >= 0.6 is 0 Å².